The van der Waals surface area contributed by atoms with Crippen molar-refractivity contribution in [2.75, 3.05) is 13.1 Å². The lowest BCUT2D eigenvalue weighted by molar-refractivity contribution is -0.121. The summed E-state index contributed by atoms with van der Waals surface area (Å²) in [4.78, 5) is 24.2. The molecule has 1 aliphatic rings. The maximum absolute atomic E-state index is 11.5. The number of unbranched alkanes of at least 4 members (excludes halogenated alkanes) is 9. The molecule has 0 spiro atoms. The average Bonchev–Trinajstić information content (AvgIpc) is 2.43. The van der Waals surface area contributed by atoms with Crippen molar-refractivity contribution in [3.8, 4) is 0 Å². The van der Waals surface area contributed by atoms with E-state index in [1.165, 1.54) is 57.8 Å². The third-order valence-corrected chi connectivity index (χ3v) is 3.92. The third kappa shape index (κ3) is 7.51. The van der Waals surface area contributed by atoms with Gasteiger partial charge in [-0.05, 0) is 6.42 Å². The minimum Gasteiger partial charge on any atom is -0.324 e. The molecule has 1 fully saturated rings. The molecule has 1 N–H and O–H groups in total. The Hall–Kier alpha value is -1.06. The zero-order chi connectivity index (χ0) is 14.6. The lowest BCUT2D eigenvalue weighted by Crippen LogP contribution is -2.49. The van der Waals surface area contributed by atoms with Crippen molar-refractivity contribution in [2.45, 2.75) is 77.6 Å². The number of hydrogen-bond donors (Lipinski definition) is 1. The van der Waals surface area contributed by atoms with Crippen molar-refractivity contribution >= 4 is 11.9 Å². The van der Waals surface area contributed by atoms with Crippen LogP contribution in [0.25, 0.3) is 0 Å². The Morgan fingerprint density at radius 1 is 0.900 bits per heavy atom. The van der Waals surface area contributed by atoms with Crippen LogP contribution in [-0.4, -0.2) is 29.9 Å². The normalized spacial score (nSPS) is 15.6. The van der Waals surface area contributed by atoms with E-state index in [1.54, 1.807) is 4.90 Å². The average molecular weight is 282 g/mol. The van der Waals surface area contributed by atoms with E-state index >= 15 is 0 Å². The molecule has 0 aromatic heterocycles. The first-order chi connectivity index (χ1) is 9.74. The van der Waals surface area contributed by atoms with Gasteiger partial charge in [-0.1, -0.05) is 64.7 Å². The molecule has 20 heavy (non-hydrogen) atoms. The van der Waals surface area contributed by atoms with Gasteiger partial charge in [0.1, 0.15) is 0 Å². The summed E-state index contributed by atoms with van der Waals surface area (Å²) in [6, 6.07) is -0.211. The van der Waals surface area contributed by atoms with Gasteiger partial charge in [0.25, 0.3) is 0 Å². The standard InChI is InChI=1S/C16H30N2O2/c1-2-3-4-5-6-7-8-9-10-11-13-18-14-12-15(19)17-16(18)20/h2-14H2,1H3,(H,17,19,20). The highest BCUT2D eigenvalue weighted by Gasteiger charge is 2.21. The minimum absolute atomic E-state index is 0.144. The maximum atomic E-state index is 11.5. The molecule has 0 aliphatic carbocycles. The van der Waals surface area contributed by atoms with Gasteiger partial charge >= 0.3 is 6.03 Å². The fourth-order valence-electron chi connectivity index (χ4n) is 2.60. The molecule has 1 rings (SSSR count). The Morgan fingerprint density at radius 3 is 2.00 bits per heavy atom. The first kappa shape index (κ1) is 17.0. The predicted molar refractivity (Wildman–Crippen MR) is 81.6 cm³/mol. The number of carbonyl (C=O) groups is 2. The molecule has 1 heterocycles. The first-order valence-electron chi connectivity index (χ1n) is 8.32. The Balaban J connectivity index is 1.87. The third-order valence-electron chi connectivity index (χ3n) is 3.92. The Bertz CT molecular complexity index is 292. The smallest absolute Gasteiger partial charge is 0.324 e. The van der Waals surface area contributed by atoms with Gasteiger partial charge < -0.3 is 4.90 Å². The maximum Gasteiger partial charge on any atom is 0.324 e. The number of rotatable bonds is 11. The molecule has 0 saturated carbocycles. The summed E-state index contributed by atoms with van der Waals surface area (Å²) in [6.07, 6.45) is 13.5. The van der Waals surface area contributed by atoms with Crippen LogP contribution in [0.4, 0.5) is 4.79 Å². The zero-order valence-corrected chi connectivity index (χ0v) is 13.0. The van der Waals surface area contributed by atoms with Crippen LogP contribution < -0.4 is 5.32 Å². The Labute approximate surface area is 123 Å². The van der Waals surface area contributed by atoms with Gasteiger partial charge in [0.15, 0.2) is 0 Å². The monoisotopic (exact) mass is 282 g/mol. The molecule has 0 radical (unpaired) electrons. The molecule has 116 valence electrons. The highest BCUT2D eigenvalue weighted by molar-refractivity contribution is 5.96. The Kier molecular flexibility index (Phi) is 9.09. The van der Waals surface area contributed by atoms with E-state index in [2.05, 4.69) is 12.2 Å². The van der Waals surface area contributed by atoms with Crippen LogP contribution in [0, 0.1) is 0 Å². The van der Waals surface area contributed by atoms with E-state index < -0.39 is 0 Å². The summed E-state index contributed by atoms with van der Waals surface area (Å²) >= 11 is 0. The van der Waals surface area contributed by atoms with Gasteiger partial charge in [-0.25, -0.2) is 4.79 Å². The van der Waals surface area contributed by atoms with Gasteiger partial charge in [-0.3, -0.25) is 10.1 Å². The number of amides is 3. The lowest BCUT2D eigenvalue weighted by Gasteiger charge is -2.26. The number of carbonyl (C=O) groups excluding carboxylic acids is 2. The van der Waals surface area contributed by atoms with E-state index in [1.807, 2.05) is 0 Å². The molecule has 0 aromatic carbocycles. The summed E-state index contributed by atoms with van der Waals surface area (Å²) in [5, 5.41) is 2.36. The van der Waals surface area contributed by atoms with Crippen LogP contribution in [0.5, 0.6) is 0 Å². The largest absolute Gasteiger partial charge is 0.324 e. The van der Waals surface area contributed by atoms with E-state index in [9.17, 15) is 9.59 Å². The molecule has 0 aromatic rings. The minimum atomic E-state index is -0.211. The van der Waals surface area contributed by atoms with E-state index in [0.717, 1.165) is 13.0 Å². The van der Waals surface area contributed by atoms with Crippen molar-refractivity contribution in [3.63, 3.8) is 0 Å². The second-order valence-electron chi connectivity index (χ2n) is 5.77. The molecule has 0 atom stereocenters. The van der Waals surface area contributed by atoms with Crippen LogP contribution >= 0.6 is 0 Å². The molecule has 3 amide bonds. The fourth-order valence-corrected chi connectivity index (χ4v) is 2.60. The molecule has 0 unspecified atom stereocenters. The molecular weight excluding hydrogens is 252 g/mol. The summed E-state index contributed by atoms with van der Waals surface area (Å²) < 4.78 is 0. The van der Waals surface area contributed by atoms with Crippen LogP contribution in [0.2, 0.25) is 0 Å². The second-order valence-corrected chi connectivity index (χ2v) is 5.77. The van der Waals surface area contributed by atoms with Gasteiger partial charge in [0.05, 0.1) is 0 Å². The molecule has 0 bridgehead atoms. The predicted octanol–water partition coefficient (Wildman–Crippen LogP) is 3.85. The summed E-state index contributed by atoms with van der Waals surface area (Å²) in [5.74, 6) is -0.144. The molecule has 4 nitrogen and oxygen atoms in total. The fraction of sp³-hybridized carbons (Fsp3) is 0.875. The number of imide groups is 1. The second kappa shape index (κ2) is 10.7. The van der Waals surface area contributed by atoms with Gasteiger partial charge in [-0.15, -0.1) is 0 Å². The SMILES string of the molecule is CCCCCCCCCCCCN1CCC(=O)NC1=O. The van der Waals surface area contributed by atoms with Crippen molar-refractivity contribution in [1.82, 2.24) is 10.2 Å². The van der Waals surface area contributed by atoms with Crippen molar-refractivity contribution < 1.29 is 9.59 Å². The van der Waals surface area contributed by atoms with Gasteiger partial charge in [-0.2, -0.15) is 0 Å². The molecule has 4 heteroatoms. The van der Waals surface area contributed by atoms with E-state index in [-0.39, 0.29) is 11.9 Å². The topological polar surface area (TPSA) is 49.4 Å². The molecular formula is C16H30N2O2. The lowest BCUT2D eigenvalue weighted by atomic mass is 10.1. The number of nitrogens with zero attached hydrogens (tertiary/aromatic N) is 1. The van der Waals surface area contributed by atoms with Gasteiger partial charge in [0.2, 0.25) is 5.91 Å². The summed E-state index contributed by atoms with van der Waals surface area (Å²) in [6.45, 7) is 3.62. The zero-order valence-electron chi connectivity index (χ0n) is 13.0. The quantitative estimate of drug-likeness (QED) is 0.585. The van der Waals surface area contributed by atoms with Crippen LogP contribution in [0.15, 0.2) is 0 Å². The van der Waals surface area contributed by atoms with Crippen LogP contribution in [0.1, 0.15) is 77.6 Å². The summed E-state index contributed by atoms with van der Waals surface area (Å²) in [5.41, 5.74) is 0. The van der Waals surface area contributed by atoms with Crippen molar-refractivity contribution in [2.24, 2.45) is 0 Å². The number of hydrogen-bond acceptors (Lipinski definition) is 2. The van der Waals surface area contributed by atoms with Gasteiger partial charge in [0, 0.05) is 19.5 Å². The number of nitrogens with one attached hydrogen (secondary N) is 1. The molecule has 1 aliphatic heterocycles. The highest BCUT2D eigenvalue weighted by atomic mass is 16.2. The highest BCUT2D eigenvalue weighted by Crippen LogP contribution is 2.11. The first-order valence-corrected chi connectivity index (χ1v) is 8.32. The summed E-state index contributed by atoms with van der Waals surface area (Å²) in [7, 11) is 0. The van der Waals surface area contributed by atoms with E-state index in [4.69, 9.17) is 0 Å². The molecule has 1 saturated heterocycles. The number of urea groups is 1. The van der Waals surface area contributed by atoms with Crippen molar-refractivity contribution in [3.05, 3.63) is 0 Å². The van der Waals surface area contributed by atoms with Crippen molar-refractivity contribution in [1.29, 1.82) is 0 Å². The van der Waals surface area contributed by atoms with Crippen LogP contribution in [-0.2, 0) is 4.79 Å². The Morgan fingerprint density at radius 2 is 1.45 bits per heavy atom. The van der Waals surface area contributed by atoms with Crippen LogP contribution in [0.3, 0.4) is 0 Å². The van der Waals surface area contributed by atoms with E-state index in [0.29, 0.717) is 13.0 Å².